The van der Waals surface area contributed by atoms with Crippen molar-refractivity contribution in [2.45, 2.75) is 26.2 Å². The van der Waals surface area contributed by atoms with Gasteiger partial charge in [-0.25, -0.2) is 0 Å². The minimum absolute atomic E-state index is 0.0915. The fourth-order valence-electron chi connectivity index (χ4n) is 4.64. The molecule has 0 atom stereocenters. The molecule has 2 aromatic carbocycles. The van der Waals surface area contributed by atoms with Gasteiger partial charge >= 0.3 is 0 Å². The van der Waals surface area contributed by atoms with Gasteiger partial charge in [0.05, 0.1) is 38.7 Å². The van der Waals surface area contributed by atoms with Gasteiger partial charge in [-0.15, -0.1) is 0 Å². The molecule has 1 aliphatic heterocycles. The van der Waals surface area contributed by atoms with E-state index in [2.05, 4.69) is 26.3 Å². The second-order valence-corrected chi connectivity index (χ2v) is 9.94. The first-order valence-corrected chi connectivity index (χ1v) is 12.7. The molecule has 3 heterocycles. The van der Waals surface area contributed by atoms with Gasteiger partial charge in [0.1, 0.15) is 0 Å². The third kappa shape index (κ3) is 5.16. The van der Waals surface area contributed by atoms with E-state index >= 15 is 0 Å². The van der Waals surface area contributed by atoms with Crippen molar-refractivity contribution < 1.29 is 9.90 Å². The Morgan fingerprint density at radius 1 is 1.03 bits per heavy atom. The number of carbonyl (C=O) groups is 1. The maximum absolute atomic E-state index is 12.5. The zero-order valence-electron chi connectivity index (χ0n) is 19.9. The number of anilines is 2. The molecule has 184 valence electrons. The number of nitrogens with one attached hydrogen (secondary N) is 1. The minimum atomic E-state index is -0.150. The number of aromatic hydroxyl groups is 1. The van der Waals surface area contributed by atoms with E-state index in [1.165, 1.54) is 19.8 Å². The topological polar surface area (TPSA) is 78.3 Å². The summed E-state index contributed by atoms with van der Waals surface area (Å²) in [4.78, 5) is 24.0. The Bertz CT molecular complexity index is 1430. The molecule has 1 saturated heterocycles. The van der Waals surface area contributed by atoms with Crippen LogP contribution in [0.5, 0.6) is 5.75 Å². The van der Waals surface area contributed by atoms with Crippen LogP contribution in [0.25, 0.3) is 22.0 Å². The Morgan fingerprint density at radius 2 is 1.78 bits per heavy atom. The molecule has 0 spiro atoms. The monoisotopic (exact) mass is 520 g/mol. The number of hydrogen-bond acceptors (Lipinski definition) is 6. The summed E-state index contributed by atoms with van der Waals surface area (Å²) in [6, 6.07) is 11.1. The molecular weight excluding hydrogens is 495 g/mol. The number of phenolic OH excluding ortho intramolecular Hbond substituents is 1. The van der Waals surface area contributed by atoms with Gasteiger partial charge in [0.15, 0.2) is 11.5 Å². The summed E-state index contributed by atoms with van der Waals surface area (Å²) in [5.74, 6) is -0.242. The molecule has 5 rings (SSSR count). The summed E-state index contributed by atoms with van der Waals surface area (Å²) < 4.78 is 0. The normalized spacial score (nSPS) is 13.9. The first kappa shape index (κ1) is 24.5. The van der Waals surface area contributed by atoms with Gasteiger partial charge < -0.3 is 15.3 Å². The summed E-state index contributed by atoms with van der Waals surface area (Å²) in [5.41, 5.74) is 5.42. The zero-order chi connectivity index (χ0) is 25.2. The van der Waals surface area contributed by atoms with E-state index in [1.807, 2.05) is 24.4 Å². The molecule has 0 amide bonds. The lowest BCUT2D eigenvalue weighted by Crippen LogP contribution is -2.21. The number of aromatic nitrogens is 2. The molecule has 36 heavy (non-hydrogen) atoms. The van der Waals surface area contributed by atoms with Crippen molar-refractivity contribution in [1.82, 2.24) is 14.9 Å². The number of likely N-dealkylation sites (tertiary alicyclic amines) is 1. The SMILES string of the molecule is CC(=O)c1cnc2ccc(-c3cc(Cl)c(O)c(Cl)c3)cc2c1Nc1cncc(CCN2CCCC2)c1. The van der Waals surface area contributed by atoms with Crippen LogP contribution in [-0.2, 0) is 6.42 Å². The first-order valence-electron chi connectivity index (χ1n) is 11.9. The summed E-state index contributed by atoms with van der Waals surface area (Å²) in [7, 11) is 0. The molecule has 0 aliphatic carbocycles. The number of phenols is 1. The van der Waals surface area contributed by atoms with Crippen molar-refractivity contribution in [1.29, 1.82) is 0 Å². The summed E-state index contributed by atoms with van der Waals surface area (Å²) in [6.07, 6.45) is 8.73. The molecule has 6 nitrogen and oxygen atoms in total. The molecule has 0 saturated carbocycles. The van der Waals surface area contributed by atoms with Crippen molar-refractivity contribution in [2.24, 2.45) is 0 Å². The summed E-state index contributed by atoms with van der Waals surface area (Å²) >= 11 is 12.3. The predicted octanol–water partition coefficient (Wildman–Crippen LogP) is 6.89. The maximum atomic E-state index is 12.5. The Morgan fingerprint density at radius 3 is 2.50 bits per heavy atom. The van der Waals surface area contributed by atoms with E-state index in [0.717, 1.165) is 59.3 Å². The van der Waals surface area contributed by atoms with Crippen LogP contribution in [0.15, 0.2) is 55.0 Å². The van der Waals surface area contributed by atoms with Crippen LogP contribution in [0.3, 0.4) is 0 Å². The van der Waals surface area contributed by atoms with Crippen molar-refractivity contribution in [3.63, 3.8) is 0 Å². The van der Waals surface area contributed by atoms with Crippen LogP contribution >= 0.6 is 23.2 Å². The number of fused-ring (bicyclic) bond motifs is 1. The van der Waals surface area contributed by atoms with E-state index in [1.54, 1.807) is 24.5 Å². The van der Waals surface area contributed by atoms with Crippen LogP contribution in [0.2, 0.25) is 10.0 Å². The van der Waals surface area contributed by atoms with Crippen molar-refractivity contribution in [3.8, 4) is 16.9 Å². The van der Waals surface area contributed by atoms with Gasteiger partial charge in [-0.1, -0.05) is 29.3 Å². The summed E-state index contributed by atoms with van der Waals surface area (Å²) in [5, 5.41) is 14.5. The van der Waals surface area contributed by atoms with E-state index in [-0.39, 0.29) is 21.6 Å². The number of hydrogen-bond donors (Lipinski definition) is 2. The van der Waals surface area contributed by atoms with E-state index in [9.17, 15) is 9.90 Å². The molecule has 1 aliphatic rings. The van der Waals surface area contributed by atoms with Crippen LogP contribution in [0.4, 0.5) is 11.4 Å². The predicted molar refractivity (Wildman–Crippen MR) is 146 cm³/mol. The van der Waals surface area contributed by atoms with Gasteiger partial charge in [0.25, 0.3) is 0 Å². The second-order valence-electron chi connectivity index (χ2n) is 9.13. The number of ketones is 1. The maximum Gasteiger partial charge on any atom is 0.163 e. The van der Waals surface area contributed by atoms with Crippen LogP contribution in [0.1, 0.15) is 35.7 Å². The van der Waals surface area contributed by atoms with Gasteiger partial charge in [-0.3, -0.25) is 14.8 Å². The Hall–Kier alpha value is -3.19. The second kappa shape index (κ2) is 10.4. The number of rotatable bonds is 7. The van der Waals surface area contributed by atoms with Gasteiger partial charge in [0, 0.05) is 24.3 Å². The highest BCUT2D eigenvalue weighted by molar-refractivity contribution is 6.37. The number of Topliss-reactive ketones (excluding diaryl/α,β-unsaturated/α-hetero) is 1. The molecule has 2 aromatic heterocycles. The number of carbonyl (C=O) groups excluding carboxylic acids is 1. The molecular formula is C28H26Cl2N4O2. The minimum Gasteiger partial charge on any atom is -0.505 e. The highest BCUT2D eigenvalue weighted by Gasteiger charge is 2.16. The van der Waals surface area contributed by atoms with Crippen LogP contribution in [0, 0.1) is 0 Å². The molecule has 2 N–H and O–H groups in total. The lowest BCUT2D eigenvalue weighted by molar-refractivity contribution is 0.101. The molecule has 0 bridgehead atoms. The average molecular weight is 521 g/mol. The third-order valence-corrected chi connectivity index (χ3v) is 7.15. The highest BCUT2D eigenvalue weighted by atomic mass is 35.5. The largest absolute Gasteiger partial charge is 0.505 e. The molecule has 4 aromatic rings. The third-order valence-electron chi connectivity index (χ3n) is 6.58. The van der Waals surface area contributed by atoms with E-state index < -0.39 is 0 Å². The lowest BCUT2D eigenvalue weighted by atomic mass is 10.00. The van der Waals surface area contributed by atoms with Crippen molar-refractivity contribution in [2.75, 3.05) is 25.0 Å². The van der Waals surface area contributed by atoms with E-state index in [0.29, 0.717) is 11.3 Å². The van der Waals surface area contributed by atoms with Crippen molar-refractivity contribution >= 4 is 51.3 Å². The molecule has 0 radical (unpaired) electrons. The highest BCUT2D eigenvalue weighted by Crippen LogP contribution is 2.38. The Labute approximate surface area is 219 Å². The van der Waals surface area contributed by atoms with Gasteiger partial charge in [0.2, 0.25) is 0 Å². The quantitative estimate of drug-likeness (QED) is 0.258. The molecule has 8 heteroatoms. The fraction of sp³-hybridized carbons (Fsp3) is 0.250. The van der Waals surface area contributed by atoms with Gasteiger partial charge in [-0.2, -0.15) is 0 Å². The Kier molecular flexibility index (Phi) is 7.10. The van der Waals surface area contributed by atoms with Crippen LogP contribution in [-0.4, -0.2) is 45.4 Å². The number of halogens is 2. The summed E-state index contributed by atoms with van der Waals surface area (Å²) in [6.45, 7) is 4.87. The Balaban J connectivity index is 1.53. The standard InChI is InChI=1S/C28H26Cl2N4O2/c1-17(35)23-16-32-26-5-4-19(20-12-24(29)28(36)25(30)13-20)11-22(26)27(23)33-21-10-18(14-31-15-21)6-9-34-7-2-3-8-34/h4-5,10-16,36H,2-3,6-9H2,1H3,(H,32,33). The van der Waals surface area contributed by atoms with Crippen LogP contribution < -0.4 is 5.32 Å². The van der Waals surface area contributed by atoms with Crippen molar-refractivity contribution in [3.05, 3.63) is 76.2 Å². The lowest BCUT2D eigenvalue weighted by Gasteiger charge is -2.16. The average Bonchev–Trinajstić information content (AvgIpc) is 3.39. The number of nitrogens with zero attached hydrogens (tertiary/aromatic N) is 3. The number of pyridine rings is 2. The first-order chi connectivity index (χ1) is 17.4. The van der Waals surface area contributed by atoms with Gasteiger partial charge in [-0.05, 0) is 86.3 Å². The van der Waals surface area contributed by atoms with E-state index in [4.69, 9.17) is 23.2 Å². The fourth-order valence-corrected chi connectivity index (χ4v) is 5.12. The molecule has 1 fully saturated rings. The smallest absolute Gasteiger partial charge is 0.163 e. The zero-order valence-corrected chi connectivity index (χ0v) is 21.4. The molecule has 0 unspecified atom stereocenters. The number of benzene rings is 2.